The number of hydrogen-bond donors (Lipinski definition) is 1. The molecule has 74 valence electrons. The second-order valence-electron chi connectivity index (χ2n) is 3.54. The molecule has 0 bridgehead atoms. The second-order valence-corrected chi connectivity index (χ2v) is 3.54. The quantitative estimate of drug-likeness (QED) is 0.688. The van der Waals surface area contributed by atoms with Gasteiger partial charge in [0.25, 0.3) is 0 Å². The Balaban J connectivity index is 0.000000561. The molecule has 1 saturated heterocycles. The first-order chi connectivity index (χ1) is 5.84. The van der Waals surface area contributed by atoms with E-state index in [1.807, 2.05) is 13.8 Å². The van der Waals surface area contributed by atoms with Crippen LogP contribution in [0.1, 0.15) is 47.0 Å². The molecule has 2 atom stereocenters. The van der Waals surface area contributed by atoms with Crippen LogP contribution in [-0.2, 0) is 0 Å². The van der Waals surface area contributed by atoms with Crippen molar-refractivity contribution in [2.45, 2.75) is 47.0 Å². The maximum Gasteiger partial charge on any atom is -0.00174 e. The van der Waals surface area contributed by atoms with E-state index in [1.54, 1.807) is 0 Å². The Morgan fingerprint density at radius 1 is 1.25 bits per heavy atom. The van der Waals surface area contributed by atoms with Crippen LogP contribution in [0.3, 0.4) is 0 Å². The topological polar surface area (TPSA) is 12.0 Å². The minimum Gasteiger partial charge on any atom is -0.316 e. The average molecular weight is 171 g/mol. The molecule has 1 heteroatoms. The average Bonchev–Trinajstić information content (AvgIpc) is 2.51. The molecule has 0 radical (unpaired) electrons. The molecule has 2 unspecified atom stereocenters. The Bertz CT molecular complexity index is 91.0. The van der Waals surface area contributed by atoms with Crippen molar-refractivity contribution in [2.75, 3.05) is 13.1 Å². The highest BCUT2D eigenvalue weighted by Gasteiger charge is 2.21. The van der Waals surface area contributed by atoms with Gasteiger partial charge in [-0.1, -0.05) is 40.5 Å². The van der Waals surface area contributed by atoms with Gasteiger partial charge in [-0.3, -0.25) is 0 Å². The number of rotatable bonds is 3. The van der Waals surface area contributed by atoms with Gasteiger partial charge in [-0.25, -0.2) is 0 Å². The van der Waals surface area contributed by atoms with E-state index in [-0.39, 0.29) is 0 Å². The van der Waals surface area contributed by atoms with Crippen LogP contribution in [0.15, 0.2) is 0 Å². The van der Waals surface area contributed by atoms with E-state index in [9.17, 15) is 0 Å². The normalized spacial score (nSPS) is 28.0. The monoisotopic (exact) mass is 171 g/mol. The third kappa shape index (κ3) is 4.10. The van der Waals surface area contributed by atoms with E-state index in [0.29, 0.717) is 0 Å². The third-order valence-electron chi connectivity index (χ3n) is 2.61. The molecule has 1 aliphatic rings. The summed E-state index contributed by atoms with van der Waals surface area (Å²) in [6.45, 7) is 11.1. The van der Waals surface area contributed by atoms with E-state index in [1.165, 1.54) is 32.4 Å². The summed E-state index contributed by atoms with van der Waals surface area (Å²) < 4.78 is 0. The summed E-state index contributed by atoms with van der Waals surface area (Å²) in [5.41, 5.74) is 0. The summed E-state index contributed by atoms with van der Waals surface area (Å²) >= 11 is 0. The predicted octanol–water partition coefficient (Wildman–Crippen LogP) is 3.06. The molecule has 12 heavy (non-hydrogen) atoms. The van der Waals surface area contributed by atoms with Crippen LogP contribution in [0.25, 0.3) is 0 Å². The molecule has 1 heterocycles. The Morgan fingerprint density at radius 3 is 2.33 bits per heavy atom. The Hall–Kier alpha value is -0.0400. The lowest BCUT2D eigenvalue weighted by atomic mass is 9.93. The molecule has 1 aliphatic heterocycles. The molecule has 0 aromatic heterocycles. The van der Waals surface area contributed by atoms with Crippen molar-refractivity contribution < 1.29 is 0 Å². The molecule has 0 aliphatic carbocycles. The number of nitrogens with one attached hydrogen (secondary N) is 1. The Kier molecular flexibility index (Phi) is 7.58. The number of unbranched alkanes of at least 4 members (excludes halogenated alkanes) is 1. The van der Waals surface area contributed by atoms with Gasteiger partial charge in [-0.15, -0.1) is 0 Å². The molecule has 1 nitrogen and oxygen atoms in total. The molecule has 0 aromatic carbocycles. The molecule has 0 saturated carbocycles. The molecule has 1 fully saturated rings. The third-order valence-corrected chi connectivity index (χ3v) is 2.61. The van der Waals surface area contributed by atoms with Crippen LogP contribution < -0.4 is 5.32 Å². The van der Waals surface area contributed by atoms with Crippen molar-refractivity contribution in [3.63, 3.8) is 0 Å². The predicted molar refractivity (Wildman–Crippen MR) is 56.4 cm³/mol. The zero-order valence-corrected chi connectivity index (χ0v) is 9.19. The SMILES string of the molecule is CC.CCCCC1CNCC1C. The summed E-state index contributed by atoms with van der Waals surface area (Å²) in [6, 6.07) is 0. The zero-order chi connectivity index (χ0) is 9.40. The fourth-order valence-electron chi connectivity index (χ4n) is 1.72. The molecule has 0 aromatic rings. The maximum absolute atomic E-state index is 3.43. The summed E-state index contributed by atoms with van der Waals surface area (Å²) in [6.07, 6.45) is 4.20. The Morgan fingerprint density at radius 2 is 1.92 bits per heavy atom. The second kappa shape index (κ2) is 7.60. The minimum absolute atomic E-state index is 0.923. The lowest BCUT2D eigenvalue weighted by Crippen LogP contribution is -2.09. The summed E-state index contributed by atoms with van der Waals surface area (Å²) in [7, 11) is 0. The van der Waals surface area contributed by atoms with Crippen LogP contribution >= 0.6 is 0 Å². The van der Waals surface area contributed by atoms with Crippen molar-refractivity contribution in [3.8, 4) is 0 Å². The van der Waals surface area contributed by atoms with Gasteiger partial charge in [0.2, 0.25) is 0 Å². The fourth-order valence-corrected chi connectivity index (χ4v) is 1.72. The smallest absolute Gasteiger partial charge is 0.00174 e. The minimum atomic E-state index is 0.923. The highest BCUT2D eigenvalue weighted by atomic mass is 14.9. The lowest BCUT2D eigenvalue weighted by molar-refractivity contribution is 0.409. The fraction of sp³-hybridized carbons (Fsp3) is 1.00. The van der Waals surface area contributed by atoms with Crippen molar-refractivity contribution >= 4 is 0 Å². The molecular formula is C11H25N. The van der Waals surface area contributed by atoms with Gasteiger partial charge in [-0.2, -0.15) is 0 Å². The summed E-state index contributed by atoms with van der Waals surface area (Å²) in [5, 5.41) is 3.43. The van der Waals surface area contributed by atoms with Crippen LogP contribution in [0.5, 0.6) is 0 Å². The van der Waals surface area contributed by atoms with Gasteiger partial charge < -0.3 is 5.32 Å². The highest BCUT2D eigenvalue weighted by molar-refractivity contribution is 4.77. The molecule has 1 N–H and O–H groups in total. The van der Waals surface area contributed by atoms with Crippen molar-refractivity contribution in [1.29, 1.82) is 0 Å². The lowest BCUT2D eigenvalue weighted by Gasteiger charge is -2.12. The van der Waals surface area contributed by atoms with Gasteiger partial charge in [0.15, 0.2) is 0 Å². The zero-order valence-electron chi connectivity index (χ0n) is 9.19. The van der Waals surface area contributed by atoms with Gasteiger partial charge >= 0.3 is 0 Å². The van der Waals surface area contributed by atoms with Crippen LogP contribution in [0, 0.1) is 11.8 Å². The molecular weight excluding hydrogens is 146 g/mol. The van der Waals surface area contributed by atoms with E-state index in [4.69, 9.17) is 0 Å². The van der Waals surface area contributed by atoms with Crippen molar-refractivity contribution in [2.24, 2.45) is 11.8 Å². The Labute approximate surface area is 77.9 Å². The molecule has 0 spiro atoms. The van der Waals surface area contributed by atoms with Crippen molar-refractivity contribution in [3.05, 3.63) is 0 Å². The van der Waals surface area contributed by atoms with E-state index >= 15 is 0 Å². The van der Waals surface area contributed by atoms with Gasteiger partial charge in [0.05, 0.1) is 0 Å². The van der Waals surface area contributed by atoms with E-state index in [0.717, 1.165) is 11.8 Å². The largest absolute Gasteiger partial charge is 0.316 e. The van der Waals surface area contributed by atoms with Crippen molar-refractivity contribution in [1.82, 2.24) is 5.32 Å². The number of hydrogen-bond acceptors (Lipinski definition) is 1. The van der Waals surface area contributed by atoms with E-state index < -0.39 is 0 Å². The maximum atomic E-state index is 3.43. The first-order valence-electron chi connectivity index (χ1n) is 5.55. The first kappa shape index (κ1) is 12.0. The molecule has 0 amide bonds. The summed E-state index contributed by atoms with van der Waals surface area (Å²) in [5.74, 6) is 1.89. The summed E-state index contributed by atoms with van der Waals surface area (Å²) in [4.78, 5) is 0. The highest BCUT2D eigenvalue weighted by Crippen LogP contribution is 2.21. The van der Waals surface area contributed by atoms with Gasteiger partial charge in [0.1, 0.15) is 0 Å². The standard InChI is InChI=1S/C9H19N.C2H6/c1-3-4-5-9-7-10-6-8(9)2;1-2/h8-10H,3-7H2,1-2H3;1-2H3. The van der Waals surface area contributed by atoms with Crippen LogP contribution in [0.4, 0.5) is 0 Å². The first-order valence-corrected chi connectivity index (χ1v) is 5.55. The van der Waals surface area contributed by atoms with Crippen LogP contribution in [-0.4, -0.2) is 13.1 Å². The van der Waals surface area contributed by atoms with Gasteiger partial charge in [0, 0.05) is 0 Å². The van der Waals surface area contributed by atoms with E-state index in [2.05, 4.69) is 19.2 Å². The molecule has 1 rings (SSSR count). The van der Waals surface area contributed by atoms with Gasteiger partial charge in [-0.05, 0) is 31.3 Å². The van der Waals surface area contributed by atoms with Crippen LogP contribution in [0.2, 0.25) is 0 Å².